The van der Waals surface area contributed by atoms with Crippen LogP contribution in [0.4, 0.5) is 0 Å². The zero-order valence-electron chi connectivity index (χ0n) is 7.27. The van der Waals surface area contributed by atoms with Gasteiger partial charge in [0.15, 0.2) is 0 Å². The largest absolute Gasteiger partial charge is 0.344 e. The second-order valence-electron chi connectivity index (χ2n) is 2.60. The number of amides is 1. The van der Waals surface area contributed by atoms with Crippen molar-refractivity contribution in [3.63, 3.8) is 0 Å². The molecule has 0 aromatic carbocycles. The monoisotopic (exact) mass is 168 g/mol. The van der Waals surface area contributed by atoms with Crippen LogP contribution in [0.5, 0.6) is 0 Å². The quantitative estimate of drug-likeness (QED) is 0.625. The van der Waals surface area contributed by atoms with E-state index in [0.29, 0.717) is 13.1 Å². The van der Waals surface area contributed by atoms with E-state index in [4.69, 9.17) is 0 Å². The number of carbonyl (C=O) groups is 1. The maximum Gasteiger partial charge on any atom is 0.219 e. The Morgan fingerprint density at radius 2 is 2.42 bits per heavy atom. The highest BCUT2D eigenvalue weighted by Gasteiger charge is 2.00. The first-order chi connectivity index (χ1) is 5.70. The molecule has 0 radical (unpaired) electrons. The van der Waals surface area contributed by atoms with Crippen LogP contribution in [0.15, 0.2) is 12.7 Å². The van der Waals surface area contributed by atoms with Crippen molar-refractivity contribution in [2.24, 2.45) is 0 Å². The van der Waals surface area contributed by atoms with Gasteiger partial charge in [0, 0.05) is 20.5 Å². The molecular formula is C7H12N4O. The standard InChI is InChI=1S/C7H12N4O/c1-7(12)10(2)3-4-11-6-8-5-9-11/h5-6H,3-4H2,1-2H3. The summed E-state index contributed by atoms with van der Waals surface area (Å²) in [5.74, 6) is 0.0649. The average Bonchev–Trinajstić information content (AvgIpc) is 2.51. The predicted molar refractivity (Wildman–Crippen MR) is 43.3 cm³/mol. The van der Waals surface area contributed by atoms with Gasteiger partial charge in [0.05, 0.1) is 6.54 Å². The van der Waals surface area contributed by atoms with E-state index in [1.807, 2.05) is 0 Å². The van der Waals surface area contributed by atoms with E-state index in [-0.39, 0.29) is 5.91 Å². The van der Waals surface area contributed by atoms with Crippen molar-refractivity contribution < 1.29 is 4.79 Å². The van der Waals surface area contributed by atoms with Crippen molar-refractivity contribution in [3.05, 3.63) is 12.7 Å². The maximum atomic E-state index is 10.8. The van der Waals surface area contributed by atoms with Crippen molar-refractivity contribution in [1.82, 2.24) is 19.7 Å². The Balaban J connectivity index is 2.31. The van der Waals surface area contributed by atoms with Crippen molar-refractivity contribution >= 4 is 5.91 Å². The highest BCUT2D eigenvalue weighted by atomic mass is 16.2. The second-order valence-corrected chi connectivity index (χ2v) is 2.60. The maximum absolute atomic E-state index is 10.8. The molecule has 0 unspecified atom stereocenters. The van der Waals surface area contributed by atoms with Gasteiger partial charge >= 0.3 is 0 Å². The molecule has 1 heterocycles. The summed E-state index contributed by atoms with van der Waals surface area (Å²) >= 11 is 0. The predicted octanol–water partition coefficient (Wildman–Crippen LogP) is -0.244. The minimum Gasteiger partial charge on any atom is -0.344 e. The SMILES string of the molecule is CC(=O)N(C)CCn1cncn1. The van der Waals surface area contributed by atoms with E-state index in [9.17, 15) is 4.79 Å². The zero-order valence-corrected chi connectivity index (χ0v) is 7.27. The lowest BCUT2D eigenvalue weighted by Gasteiger charge is -2.13. The Morgan fingerprint density at radius 3 is 2.92 bits per heavy atom. The summed E-state index contributed by atoms with van der Waals surface area (Å²) in [6.45, 7) is 2.90. The summed E-state index contributed by atoms with van der Waals surface area (Å²) in [6.07, 6.45) is 3.11. The number of hydrogen-bond acceptors (Lipinski definition) is 3. The second kappa shape index (κ2) is 3.85. The molecule has 0 bridgehead atoms. The molecule has 1 aromatic rings. The molecule has 0 atom stereocenters. The lowest BCUT2D eigenvalue weighted by atomic mass is 10.5. The van der Waals surface area contributed by atoms with E-state index in [1.165, 1.54) is 6.33 Å². The molecule has 1 aromatic heterocycles. The lowest BCUT2D eigenvalue weighted by molar-refractivity contribution is -0.127. The molecule has 1 rings (SSSR count). The normalized spacial score (nSPS) is 9.83. The first kappa shape index (κ1) is 8.70. The van der Waals surface area contributed by atoms with Crippen LogP contribution in [0.2, 0.25) is 0 Å². The molecule has 0 aliphatic rings. The molecule has 0 fully saturated rings. The number of aromatic nitrogens is 3. The number of rotatable bonds is 3. The molecule has 5 heteroatoms. The van der Waals surface area contributed by atoms with Crippen molar-refractivity contribution in [1.29, 1.82) is 0 Å². The fourth-order valence-electron chi connectivity index (χ4n) is 0.758. The summed E-state index contributed by atoms with van der Waals surface area (Å²) < 4.78 is 1.69. The summed E-state index contributed by atoms with van der Waals surface area (Å²) in [7, 11) is 1.76. The van der Waals surface area contributed by atoms with Crippen molar-refractivity contribution in [3.8, 4) is 0 Å². The summed E-state index contributed by atoms with van der Waals surface area (Å²) in [6, 6.07) is 0. The number of nitrogens with zero attached hydrogens (tertiary/aromatic N) is 4. The number of likely N-dealkylation sites (N-methyl/N-ethyl adjacent to an activating group) is 1. The topological polar surface area (TPSA) is 51.0 Å². The van der Waals surface area contributed by atoms with Crippen molar-refractivity contribution in [2.45, 2.75) is 13.5 Å². The highest BCUT2D eigenvalue weighted by Crippen LogP contribution is 1.86. The van der Waals surface area contributed by atoms with Gasteiger partial charge in [0.2, 0.25) is 5.91 Å². The molecule has 5 nitrogen and oxygen atoms in total. The minimum atomic E-state index is 0.0649. The van der Waals surface area contributed by atoms with Gasteiger partial charge in [-0.05, 0) is 0 Å². The van der Waals surface area contributed by atoms with E-state index >= 15 is 0 Å². The molecule has 66 valence electrons. The van der Waals surface area contributed by atoms with Crippen molar-refractivity contribution in [2.75, 3.05) is 13.6 Å². The fourth-order valence-corrected chi connectivity index (χ4v) is 0.758. The van der Waals surface area contributed by atoms with Gasteiger partial charge in [-0.25, -0.2) is 4.98 Å². The Hall–Kier alpha value is -1.39. The summed E-state index contributed by atoms with van der Waals surface area (Å²) in [4.78, 5) is 16.2. The molecule has 0 saturated carbocycles. The Kier molecular flexibility index (Phi) is 2.79. The van der Waals surface area contributed by atoms with Gasteiger partial charge in [-0.3, -0.25) is 9.48 Å². The van der Waals surface area contributed by atoms with Gasteiger partial charge in [-0.15, -0.1) is 0 Å². The van der Waals surface area contributed by atoms with Crippen LogP contribution in [-0.4, -0.2) is 39.2 Å². The lowest BCUT2D eigenvalue weighted by Crippen LogP contribution is -2.27. The molecule has 0 aliphatic carbocycles. The smallest absolute Gasteiger partial charge is 0.219 e. The van der Waals surface area contributed by atoms with Gasteiger partial charge in [0.1, 0.15) is 12.7 Å². The van der Waals surface area contributed by atoms with Crippen LogP contribution >= 0.6 is 0 Å². The molecule has 12 heavy (non-hydrogen) atoms. The highest BCUT2D eigenvalue weighted by molar-refractivity contribution is 5.72. The third kappa shape index (κ3) is 2.34. The molecule has 0 spiro atoms. The minimum absolute atomic E-state index is 0.0649. The Labute approximate surface area is 71.0 Å². The van der Waals surface area contributed by atoms with E-state index in [2.05, 4.69) is 10.1 Å². The van der Waals surface area contributed by atoms with Gasteiger partial charge < -0.3 is 4.90 Å². The zero-order chi connectivity index (χ0) is 8.97. The van der Waals surface area contributed by atoms with E-state index < -0.39 is 0 Å². The molecule has 0 N–H and O–H groups in total. The van der Waals surface area contributed by atoms with E-state index in [1.54, 1.807) is 29.9 Å². The van der Waals surface area contributed by atoms with Gasteiger partial charge in [-0.1, -0.05) is 0 Å². The van der Waals surface area contributed by atoms with Gasteiger partial charge in [0.25, 0.3) is 0 Å². The average molecular weight is 168 g/mol. The summed E-state index contributed by atoms with van der Waals surface area (Å²) in [5.41, 5.74) is 0. The van der Waals surface area contributed by atoms with Crippen LogP contribution in [-0.2, 0) is 11.3 Å². The third-order valence-electron chi connectivity index (χ3n) is 1.67. The molecule has 1 amide bonds. The number of carbonyl (C=O) groups excluding carboxylic acids is 1. The Morgan fingerprint density at radius 1 is 1.67 bits per heavy atom. The number of hydrogen-bond donors (Lipinski definition) is 0. The third-order valence-corrected chi connectivity index (χ3v) is 1.67. The fraction of sp³-hybridized carbons (Fsp3) is 0.571. The van der Waals surface area contributed by atoms with Gasteiger partial charge in [-0.2, -0.15) is 5.10 Å². The molecule has 0 aliphatic heterocycles. The van der Waals surface area contributed by atoms with E-state index in [0.717, 1.165) is 0 Å². The van der Waals surface area contributed by atoms with Crippen LogP contribution < -0.4 is 0 Å². The Bertz CT molecular complexity index is 244. The van der Waals surface area contributed by atoms with Crippen LogP contribution in [0.1, 0.15) is 6.92 Å². The molecule has 0 saturated heterocycles. The van der Waals surface area contributed by atoms with Crippen LogP contribution in [0.25, 0.3) is 0 Å². The first-order valence-electron chi connectivity index (χ1n) is 3.74. The summed E-state index contributed by atoms with van der Waals surface area (Å²) in [5, 5.41) is 3.92. The molecular weight excluding hydrogens is 156 g/mol. The van der Waals surface area contributed by atoms with Crippen LogP contribution in [0.3, 0.4) is 0 Å². The van der Waals surface area contributed by atoms with Crippen LogP contribution in [0, 0.1) is 0 Å². The first-order valence-corrected chi connectivity index (χ1v) is 3.74.